The number of nitrogens with two attached hydrogens (primary N) is 1. The molecule has 166 valence electrons. The fourth-order valence-corrected chi connectivity index (χ4v) is 3.27. The molecule has 0 aliphatic carbocycles. The lowest BCUT2D eigenvalue weighted by Crippen LogP contribution is -2.59. The maximum absolute atomic E-state index is 13.3. The van der Waals surface area contributed by atoms with Crippen LogP contribution in [0.25, 0.3) is 0 Å². The van der Waals surface area contributed by atoms with Crippen LogP contribution < -0.4 is 11.1 Å². The molecule has 0 aliphatic rings. The Kier molecular flexibility index (Phi) is 10.7. The van der Waals surface area contributed by atoms with Gasteiger partial charge in [-0.15, -0.1) is 0 Å². The van der Waals surface area contributed by atoms with Crippen LogP contribution in [0.4, 0.5) is 0 Å². The number of unbranched alkanes of at least 4 members (excludes halogenated alkanes) is 1. The summed E-state index contributed by atoms with van der Waals surface area (Å²) in [6, 6.07) is 5.33. The van der Waals surface area contributed by atoms with Gasteiger partial charge in [-0.25, -0.2) is 4.79 Å². The van der Waals surface area contributed by atoms with Crippen LogP contribution in [0.15, 0.2) is 30.3 Å². The predicted octanol–water partition coefficient (Wildman–Crippen LogP) is 1.72. The van der Waals surface area contributed by atoms with Crippen molar-refractivity contribution in [2.45, 2.75) is 71.0 Å². The van der Waals surface area contributed by atoms with Crippen LogP contribution in [0.5, 0.6) is 0 Å². The number of aliphatic carboxylic acids is 1. The Morgan fingerprint density at radius 2 is 1.80 bits per heavy atom. The average Bonchev–Trinajstić information content (AvgIpc) is 2.70. The SMILES string of the molecule is CCCCC(NC=O)C(=O)N(C(=O)C(N)CC(C)C)C(Cc1ccccc1)C(=O)O. The molecule has 0 aromatic heterocycles. The molecule has 0 aliphatic heterocycles. The van der Waals surface area contributed by atoms with Crippen molar-refractivity contribution in [1.29, 1.82) is 0 Å². The van der Waals surface area contributed by atoms with Gasteiger partial charge in [0.05, 0.1) is 6.04 Å². The molecule has 3 atom stereocenters. The molecule has 3 amide bonds. The van der Waals surface area contributed by atoms with Crippen LogP contribution in [0.3, 0.4) is 0 Å². The number of hydrogen-bond donors (Lipinski definition) is 3. The van der Waals surface area contributed by atoms with Gasteiger partial charge in [-0.2, -0.15) is 0 Å². The van der Waals surface area contributed by atoms with Crippen molar-refractivity contribution in [3.63, 3.8) is 0 Å². The van der Waals surface area contributed by atoms with Crippen LogP contribution in [-0.4, -0.2) is 52.3 Å². The van der Waals surface area contributed by atoms with Crippen molar-refractivity contribution < 1.29 is 24.3 Å². The molecule has 0 radical (unpaired) electrons. The van der Waals surface area contributed by atoms with Crippen molar-refractivity contribution in [3.8, 4) is 0 Å². The third-order valence-corrected chi connectivity index (χ3v) is 4.80. The molecule has 0 fully saturated rings. The van der Waals surface area contributed by atoms with E-state index in [1.54, 1.807) is 30.3 Å². The first-order chi connectivity index (χ1) is 14.2. The number of amides is 3. The third kappa shape index (κ3) is 7.59. The van der Waals surface area contributed by atoms with Crippen molar-refractivity contribution >= 4 is 24.2 Å². The molecular weight excluding hydrogens is 386 g/mol. The zero-order valence-electron chi connectivity index (χ0n) is 17.9. The zero-order valence-corrected chi connectivity index (χ0v) is 17.9. The number of rotatable bonds is 13. The van der Waals surface area contributed by atoms with E-state index in [-0.39, 0.29) is 12.3 Å². The number of benzene rings is 1. The van der Waals surface area contributed by atoms with E-state index in [0.29, 0.717) is 31.2 Å². The number of carboxylic acid groups (broad SMARTS) is 1. The number of nitrogens with one attached hydrogen (secondary N) is 1. The van der Waals surface area contributed by atoms with Crippen molar-refractivity contribution in [1.82, 2.24) is 10.2 Å². The molecule has 8 nitrogen and oxygen atoms in total. The largest absolute Gasteiger partial charge is 0.480 e. The van der Waals surface area contributed by atoms with Gasteiger partial charge < -0.3 is 16.2 Å². The summed E-state index contributed by atoms with van der Waals surface area (Å²) in [5.41, 5.74) is 6.70. The molecule has 1 aromatic carbocycles. The number of carbonyl (C=O) groups is 4. The number of nitrogens with zero attached hydrogens (tertiary/aromatic N) is 1. The van der Waals surface area contributed by atoms with Gasteiger partial charge in [0.15, 0.2) is 0 Å². The fraction of sp³-hybridized carbons (Fsp3) is 0.545. The highest BCUT2D eigenvalue weighted by atomic mass is 16.4. The van der Waals surface area contributed by atoms with E-state index in [2.05, 4.69) is 5.32 Å². The Labute approximate surface area is 177 Å². The highest BCUT2D eigenvalue weighted by Gasteiger charge is 2.40. The Morgan fingerprint density at radius 1 is 1.17 bits per heavy atom. The Morgan fingerprint density at radius 3 is 2.30 bits per heavy atom. The molecule has 1 rings (SSSR count). The summed E-state index contributed by atoms with van der Waals surface area (Å²) in [6.07, 6.45) is 2.35. The van der Waals surface area contributed by atoms with E-state index in [1.165, 1.54) is 0 Å². The predicted molar refractivity (Wildman–Crippen MR) is 113 cm³/mol. The van der Waals surface area contributed by atoms with E-state index in [9.17, 15) is 24.3 Å². The third-order valence-electron chi connectivity index (χ3n) is 4.80. The summed E-state index contributed by atoms with van der Waals surface area (Å²) in [4.78, 5) is 50.3. The van der Waals surface area contributed by atoms with Gasteiger partial charge in [0.2, 0.25) is 12.3 Å². The van der Waals surface area contributed by atoms with E-state index < -0.39 is 35.9 Å². The first-order valence-electron chi connectivity index (χ1n) is 10.3. The molecule has 0 saturated carbocycles. The highest BCUT2D eigenvalue weighted by Crippen LogP contribution is 2.17. The molecule has 8 heteroatoms. The van der Waals surface area contributed by atoms with Crippen molar-refractivity contribution in [3.05, 3.63) is 35.9 Å². The van der Waals surface area contributed by atoms with E-state index in [1.807, 2.05) is 20.8 Å². The lowest BCUT2D eigenvalue weighted by Gasteiger charge is -2.32. The summed E-state index contributed by atoms with van der Waals surface area (Å²) in [5, 5.41) is 12.3. The van der Waals surface area contributed by atoms with Gasteiger partial charge in [0.1, 0.15) is 12.1 Å². The van der Waals surface area contributed by atoms with E-state index >= 15 is 0 Å². The van der Waals surface area contributed by atoms with Gasteiger partial charge in [-0.3, -0.25) is 19.3 Å². The molecule has 0 heterocycles. The van der Waals surface area contributed by atoms with Crippen molar-refractivity contribution in [2.24, 2.45) is 11.7 Å². The fourth-order valence-electron chi connectivity index (χ4n) is 3.27. The van der Waals surface area contributed by atoms with Crippen molar-refractivity contribution in [2.75, 3.05) is 0 Å². The Bertz CT molecular complexity index is 708. The average molecular weight is 420 g/mol. The van der Waals surface area contributed by atoms with Gasteiger partial charge in [-0.05, 0) is 24.3 Å². The number of carboxylic acids is 1. The molecule has 30 heavy (non-hydrogen) atoms. The van der Waals surface area contributed by atoms with Crippen LogP contribution in [-0.2, 0) is 25.6 Å². The van der Waals surface area contributed by atoms with E-state index in [0.717, 1.165) is 11.3 Å². The van der Waals surface area contributed by atoms with Gasteiger partial charge in [0, 0.05) is 6.42 Å². The molecule has 4 N–H and O–H groups in total. The molecule has 1 aromatic rings. The second-order valence-corrected chi connectivity index (χ2v) is 7.81. The van der Waals surface area contributed by atoms with Crippen LogP contribution in [0.1, 0.15) is 52.0 Å². The Balaban J connectivity index is 3.33. The molecule has 0 spiro atoms. The zero-order chi connectivity index (χ0) is 22.7. The van der Waals surface area contributed by atoms with Gasteiger partial charge in [-0.1, -0.05) is 63.9 Å². The summed E-state index contributed by atoms with van der Waals surface area (Å²) < 4.78 is 0. The summed E-state index contributed by atoms with van der Waals surface area (Å²) in [7, 11) is 0. The standard InChI is InChI=1S/C22H33N3O5/c1-4-5-11-18(24-14-26)21(28)25(20(27)17(23)12-15(2)3)19(22(29)30)13-16-9-7-6-8-10-16/h6-10,14-15,17-19H,4-5,11-13,23H2,1-3H3,(H,24,26)(H,29,30). The van der Waals surface area contributed by atoms with Gasteiger partial charge in [0.25, 0.3) is 5.91 Å². The maximum atomic E-state index is 13.3. The number of imide groups is 1. The lowest BCUT2D eigenvalue weighted by atomic mass is 9.98. The minimum atomic E-state index is -1.43. The summed E-state index contributed by atoms with van der Waals surface area (Å²) >= 11 is 0. The minimum Gasteiger partial charge on any atom is -0.480 e. The molecular formula is C22H33N3O5. The monoisotopic (exact) mass is 419 g/mol. The smallest absolute Gasteiger partial charge is 0.327 e. The van der Waals surface area contributed by atoms with Gasteiger partial charge >= 0.3 is 5.97 Å². The second kappa shape index (κ2) is 12.7. The molecule has 0 bridgehead atoms. The Hall–Kier alpha value is -2.74. The maximum Gasteiger partial charge on any atom is 0.327 e. The summed E-state index contributed by atoms with van der Waals surface area (Å²) in [6.45, 7) is 5.70. The normalized spacial score (nSPS) is 13.9. The topological polar surface area (TPSA) is 130 Å². The summed E-state index contributed by atoms with van der Waals surface area (Å²) in [5.74, 6) is -2.71. The first-order valence-corrected chi connectivity index (χ1v) is 10.3. The minimum absolute atomic E-state index is 0.0519. The number of carbonyl (C=O) groups excluding carboxylic acids is 3. The number of hydrogen-bond acceptors (Lipinski definition) is 5. The van der Waals surface area contributed by atoms with Crippen LogP contribution in [0, 0.1) is 5.92 Å². The highest BCUT2D eigenvalue weighted by molar-refractivity contribution is 6.03. The molecule has 3 unspecified atom stereocenters. The lowest BCUT2D eigenvalue weighted by molar-refractivity contribution is -0.160. The quantitative estimate of drug-likeness (QED) is 0.417. The van der Waals surface area contributed by atoms with Crippen LogP contribution >= 0.6 is 0 Å². The molecule has 0 saturated heterocycles. The second-order valence-electron chi connectivity index (χ2n) is 7.81. The first kappa shape index (κ1) is 25.3. The van der Waals surface area contributed by atoms with E-state index in [4.69, 9.17) is 5.73 Å². The van der Waals surface area contributed by atoms with Crippen LogP contribution in [0.2, 0.25) is 0 Å².